The Labute approximate surface area is 178 Å². The Balaban J connectivity index is 1.74. The van der Waals surface area contributed by atoms with E-state index in [0.29, 0.717) is 10.5 Å². The van der Waals surface area contributed by atoms with Crippen LogP contribution in [0.2, 0.25) is 0 Å². The van der Waals surface area contributed by atoms with Gasteiger partial charge in [0.25, 0.3) is 11.6 Å². The summed E-state index contributed by atoms with van der Waals surface area (Å²) in [5.41, 5.74) is 2.58. The maximum absolute atomic E-state index is 12.7. The Morgan fingerprint density at radius 3 is 2.65 bits per heavy atom. The van der Waals surface area contributed by atoms with Gasteiger partial charge in [-0.2, -0.15) is 5.10 Å². The zero-order valence-corrected chi connectivity index (χ0v) is 17.3. The zero-order valence-electron chi connectivity index (χ0n) is 16.5. The number of carbonyl (C=O) groups excluding carboxylic acids is 1. The largest absolute Gasteiger partial charge is 0.318 e. The number of aromatic nitrogens is 3. The van der Waals surface area contributed by atoms with Crippen LogP contribution >= 0.6 is 11.3 Å². The first-order valence-electron chi connectivity index (χ1n) is 9.10. The molecule has 0 unspecified atom stereocenters. The molecule has 31 heavy (non-hydrogen) atoms. The minimum Gasteiger partial charge on any atom is -0.318 e. The maximum atomic E-state index is 12.7. The number of carbonyl (C=O) groups is 1. The van der Waals surface area contributed by atoms with Crippen LogP contribution in [0.15, 0.2) is 64.5 Å². The van der Waals surface area contributed by atoms with Crippen LogP contribution < -0.4 is 15.7 Å². The molecule has 0 fully saturated rings. The Bertz CT molecular complexity index is 1470. The topological polar surface area (TPSA) is 124 Å². The normalized spacial score (nSPS) is 11.6. The number of hydrogen-bond donors (Lipinski definition) is 1. The predicted octanol–water partition coefficient (Wildman–Crippen LogP) is 2.25. The van der Waals surface area contributed by atoms with E-state index < -0.39 is 22.0 Å². The number of aryl methyl sites for hydroxylation is 2. The maximum Gasteiger partial charge on any atom is 0.295 e. The van der Waals surface area contributed by atoms with Gasteiger partial charge in [0.1, 0.15) is 5.69 Å². The molecule has 0 radical (unpaired) electrons. The number of nitrogens with zero attached hydrogens (tertiary/aromatic N) is 5. The molecule has 2 aromatic carbocycles. The molecule has 0 saturated heterocycles. The van der Waals surface area contributed by atoms with Gasteiger partial charge in [-0.15, -0.1) is 5.10 Å². The lowest BCUT2D eigenvalue weighted by atomic mass is 10.2. The molecule has 0 aliphatic heterocycles. The van der Waals surface area contributed by atoms with Crippen LogP contribution in [0.4, 0.5) is 5.69 Å². The van der Waals surface area contributed by atoms with E-state index in [1.54, 1.807) is 13.0 Å². The van der Waals surface area contributed by atoms with Crippen molar-refractivity contribution in [1.82, 2.24) is 19.8 Å². The minimum absolute atomic E-state index is 0.145. The van der Waals surface area contributed by atoms with Crippen molar-refractivity contribution < 1.29 is 9.72 Å². The van der Waals surface area contributed by atoms with Crippen molar-refractivity contribution in [1.29, 1.82) is 0 Å². The Hall–Kier alpha value is -4.12. The van der Waals surface area contributed by atoms with Crippen molar-refractivity contribution in [2.45, 2.75) is 6.92 Å². The third-order valence-electron chi connectivity index (χ3n) is 4.60. The van der Waals surface area contributed by atoms with Crippen LogP contribution in [0.25, 0.3) is 15.9 Å². The van der Waals surface area contributed by atoms with Crippen LogP contribution in [0.1, 0.15) is 16.2 Å². The van der Waals surface area contributed by atoms with E-state index in [1.807, 2.05) is 35.9 Å². The van der Waals surface area contributed by atoms with Crippen LogP contribution in [-0.2, 0) is 7.05 Å². The molecule has 0 atom stereocenters. The average molecular weight is 436 g/mol. The van der Waals surface area contributed by atoms with Crippen molar-refractivity contribution in [3.05, 3.63) is 91.1 Å². The SMILES string of the molecule is Cc1cc(=O)c(C(=O)N/N=c2\sc3ccccc3n2C)nn1-c1ccccc1[N+](=O)[O-]. The molecule has 0 aliphatic rings. The highest BCUT2D eigenvalue weighted by Gasteiger charge is 2.20. The van der Waals surface area contributed by atoms with Gasteiger partial charge in [-0.3, -0.25) is 19.7 Å². The summed E-state index contributed by atoms with van der Waals surface area (Å²) in [6.45, 7) is 1.58. The first-order chi connectivity index (χ1) is 14.9. The standard InChI is InChI=1S/C20H16N6O4S/c1-12-11-16(27)18(23-25(12)13-7-3-4-8-14(13)26(29)30)19(28)21-22-20-24(2)15-9-5-6-10-17(15)31-20/h3-11H,1-2H3,(H,21,28)/b22-20-. The van der Waals surface area contributed by atoms with Gasteiger partial charge >= 0.3 is 0 Å². The zero-order chi connectivity index (χ0) is 22.1. The fourth-order valence-corrected chi connectivity index (χ4v) is 4.07. The van der Waals surface area contributed by atoms with E-state index in [1.165, 1.54) is 40.3 Å². The van der Waals surface area contributed by atoms with Crippen LogP contribution in [0, 0.1) is 17.0 Å². The third-order valence-corrected chi connectivity index (χ3v) is 5.71. The molecule has 10 nitrogen and oxygen atoms in total. The summed E-state index contributed by atoms with van der Waals surface area (Å²) in [6.07, 6.45) is 0. The summed E-state index contributed by atoms with van der Waals surface area (Å²) < 4.78 is 4.01. The lowest BCUT2D eigenvalue weighted by Crippen LogP contribution is -2.31. The van der Waals surface area contributed by atoms with Crippen molar-refractivity contribution in [2.24, 2.45) is 12.1 Å². The number of thiazole rings is 1. The quantitative estimate of drug-likeness (QED) is 0.388. The molecule has 0 saturated carbocycles. The highest BCUT2D eigenvalue weighted by Crippen LogP contribution is 2.22. The molecule has 11 heteroatoms. The lowest BCUT2D eigenvalue weighted by Gasteiger charge is -2.10. The van der Waals surface area contributed by atoms with E-state index in [-0.39, 0.29) is 11.4 Å². The summed E-state index contributed by atoms with van der Waals surface area (Å²) in [5.74, 6) is -0.810. The summed E-state index contributed by atoms with van der Waals surface area (Å²) in [6, 6.07) is 14.8. The van der Waals surface area contributed by atoms with Gasteiger partial charge in [-0.25, -0.2) is 10.1 Å². The number of nitrogens with one attached hydrogen (secondary N) is 1. The van der Waals surface area contributed by atoms with E-state index in [4.69, 9.17) is 0 Å². The van der Waals surface area contributed by atoms with E-state index in [9.17, 15) is 19.7 Å². The van der Waals surface area contributed by atoms with Gasteiger partial charge in [0.05, 0.1) is 15.1 Å². The van der Waals surface area contributed by atoms with Crippen molar-refractivity contribution in [2.75, 3.05) is 0 Å². The van der Waals surface area contributed by atoms with Gasteiger partial charge in [0.15, 0.2) is 5.69 Å². The number of nitro benzene ring substituents is 1. The van der Waals surface area contributed by atoms with Crippen molar-refractivity contribution in [3.8, 4) is 5.69 Å². The molecule has 0 spiro atoms. The molecule has 156 valence electrons. The molecule has 2 aromatic heterocycles. The highest BCUT2D eigenvalue weighted by molar-refractivity contribution is 7.16. The summed E-state index contributed by atoms with van der Waals surface area (Å²) in [5, 5.41) is 19.6. The third kappa shape index (κ3) is 3.73. The average Bonchev–Trinajstić information content (AvgIpc) is 3.08. The first-order valence-corrected chi connectivity index (χ1v) is 9.92. The fraction of sp³-hybridized carbons (Fsp3) is 0.100. The number of benzene rings is 2. The minimum atomic E-state index is -0.810. The predicted molar refractivity (Wildman–Crippen MR) is 115 cm³/mol. The molecular formula is C20H16N6O4S. The number of rotatable bonds is 4. The highest BCUT2D eigenvalue weighted by atomic mass is 32.1. The number of nitro groups is 1. The Morgan fingerprint density at radius 1 is 1.19 bits per heavy atom. The van der Waals surface area contributed by atoms with E-state index in [0.717, 1.165) is 10.2 Å². The van der Waals surface area contributed by atoms with Gasteiger partial charge in [0, 0.05) is 24.9 Å². The molecule has 1 N–H and O–H groups in total. The van der Waals surface area contributed by atoms with Gasteiger partial charge < -0.3 is 4.57 Å². The smallest absolute Gasteiger partial charge is 0.295 e. The number of para-hydroxylation sites is 3. The molecule has 4 rings (SSSR count). The second-order valence-corrected chi connectivity index (χ2v) is 7.63. The van der Waals surface area contributed by atoms with Gasteiger partial charge in [-0.05, 0) is 25.1 Å². The van der Waals surface area contributed by atoms with Crippen LogP contribution in [-0.4, -0.2) is 25.2 Å². The summed E-state index contributed by atoms with van der Waals surface area (Å²) in [4.78, 5) is 36.4. The van der Waals surface area contributed by atoms with Crippen LogP contribution in [0.5, 0.6) is 0 Å². The monoisotopic (exact) mass is 436 g/mol. The molecular weight excluding hydrogens is 420 g/mol. The number of hydrogen-bond acceptors (Lipinski definition) is 7. The van der Waals surface area contributed by atoms with Crippen LogP contribution in [0.3, 0.4) is 0 Å². The Morgan fingerprint density at radius 2 is 1.90 bits per heavy atom. The number of fused-ring (bicyclic) bond motifs is 1. The molecule has 0 bridgehead atoms. The van der Waals surface area contributed by atoms with Gasteiger partial charge in [0.2, 0.25) is 10.2 Å². The lowest BCUT2D eigenvalue weighted by molar-refractivity contribution is -0.384. The Kier molecular flexibility index (Phi) is 5.17. The second-order valence-electron chi connectivity index (χ2n) is 6.62. The molecule has 4 aromatic rings. The first kappa shape index (κ1) is 20.2. The second kappa shape index (κ2) is 7.95. The molecule has 0 aliphatic carbocycles. The van der Waals surface area contributed by atoms with Crippen molar-refractivity contribution in [3.63, 3.8) is 0 Å². The van der Waals surface area contributed by atoms with Crippen molar-refractivity contribution >= 4 is 33.1 Å². The summed E-state index contributed by atoms with van der Waals surface area (Å²) in [7, 11) is 1.81. The van der Waals surface area contributed by atoms with E-state index >= 15 is 0 Å². The molecule has 2 heterocycles. The van der Waals surface area contributed by atoms with E-state index in [2.05, 4.69) is 15.6 Å². The molecule has 1 amide bonds. The van der Waals surface area contributed by atoms with Gasteiger partial charge in [-0.1, -0.05) is 35.6 Å². The number of amides is 1. The fourth-order valence-electron chi connectivity index (χ4n) is 3.09. The summed E-state index contributed by atoms with van der Waals surface area (Å²) >= 11 is 1.38.